The summed E-state index contributed by atoms with van der Waals surface area (Å²) in [6.45, 7) is 1.82. The first-order chi connectivity index (χ1) is 12.0. The lowest BCUT2D eigenvalue weighted by Gasteiger charge is -2.13. The molecule has 3 heterocycles. The van der Waals surface area contributed by atoms with Crippen molar-refractivity contribution in [3.63, 3.8) is 0 Å². The summed E-state index contributed by atoms with van der Waals surface area (Å²) in [5.41, 5.74) is 5.68. The molecular weight excluding hydrogens is 318 g/mol. The van der Waals surface area contributed by atoms with E-state index in [9.17, 15) is 9.90 Å². The lowest BCUT2D eigenvalue weighted by molar-refractivity contribution is -0.116. The van der Waals surface area contributed by atoms with Gasteiger partial charge in [-0.3, -0.25) is 4.79 Å². The number of carbonyl (C=O) groups is 1. The van der Waals surface area contributed by atoms with Gasteiger partial charge in [-0.1, -0.05) is 18.2 Å². The summed E-state index contributed by atoms with van der Waals surface area (Å²) in [4.78, 5) is 19.0. The fraction of sp³-hybridized carbons (Fsp3) is 0.278. The summed E-state index contributed by atoms with van der Waals surface area (Å²) in [5, 5.41) is 17.1. The number of benzene rings is 1. The lowest BCUT2D eigenvalue weighted by atomic mass is 9.95. The summed E-state index contributed by atoms with van der Waals surface area (Å²) in [7, 11) is 3.84. The van der Waals surface area contributed by atoms with Crippen LogP contribution in [0.4, 0.5) is 11.4 Å². The summed E-state index contributed by atoms with van der Waals surface area (Å²) in [6.07, 6.45) is 1.44. The highest BCUT2D eigenvalue weighted by molar-refractivity contribution is 6.06. The minimum Gasteiger partial charge on any atom is -0.390 e. The number of fused-ring (bicyclic) bond motifs is 2. The van der Waals surface area contributed by atoms with E-state index in [0.29, 0.717) is 11.4 Å². The number of rotatable bonds is 3. The predicted molar refractivity (Wildman–Crippen MR) is 94.9 cm³/mol. The molecule has 7 nitrogen and oxygen atoms in total. The number of nitrogens with one attached hydrogen (secondary N) is 1. The molecule has 2 N–H and O–H groups in total. The second-order valence-corrected chi connectivity index (χ2v) is 6.39. The van der Waals surface area contributed by atoms with Gasteiger partial charge in [0.25, 0.3) is 0 Å². The summed E-state index contributed by atoms with van der Waals surface area (Å²) < 4.78 is 1.70. The molecule has 0 radical (unpaired) electrons. The Labute approximate surface area is 144 Å². The number of aliphatic hydroxyl groups is 1. The second-order valence-electron chi connectivity index (χ2n) is 6.39. The molecule has 0 aliphatic carbocycles. The SMILES string of the molecule is Cc1c(N(C)C)c(CO)n2ncnc(C3C(=O)Nc4ccccc43)c12. The second kappa shape index (κ2) is 5.56. The van der Waals surface area contributed by atoms with Crippen LogP contribution < -0.4 is 10.2 Å². The molecule has 1 unspecified atom stereocenters. The number of hydrogen-bond acceptors (Lipinski definition) is 5. The van der Waals surface area contributed by atoms with Gasteiger partial charge in [0.15, 0.2) is 0 Å². The van der Waals surface area contributed by atoms with Crippen molar-refractivity contribution in [3.05, 3.63) is 53.1 Å². The molecule has 128 valence electrons. The van der Waals surface area contributed by atoms with Gasteiger partial charge in [-0.25, -0.2) is 9.50 Å². The van der Waals surface area contributed by atoms with Gasteiger partial charge >= 0.3 is 0 Å². The number of para-hydroxylation sites is 1. The van der Waals surface area contributed by atoms with Gasteiger partial charge in [0.05, 0.1) is 29.2 Å². The maximum Gasteiger partial charge on any atom is 0.238 e. The van der Waals surface area contributed by atoms with Gasteiger partial charge in [0.1, 0.15) is 12.2 Å². The van der Waals surface area contributed by atoms with Crippen molar-refractivity contribution >= 4 is 22.8 Å². The molecule has 2 aromatic heterocycles. The standard InChI is InChI=1S/C18H19N5O2/c1-10-16(22(2)3)13(8-24)23-17(10)15(19-9-20-23)14-11-6-4-5-7-12(11)21-18(14)25/h4-7,9,14,24H,8H2,1-3H3,(H,21,25). The molecule has 0 fully saturated rings. The Bertz CT molecular complexity index is 993. The Morgan fingerprint density at radius 3 is 2.80 bits per heavy atom. The van der Waals surface area contributed by atoms with Gasteiger partial charge in [0, 0.05) is 25.3 Å². The Hall–Kier alpha value is -2.93. The highest BCUT2D eigenvalue weighted by Crippen LogP contribution is 2.40. The fourth-order valence-corrected chi connectivity index (χ4v) is 3.78. The zero-order valence-corrected chi connectivity index (χ0v) is 14.3. The fourth-order valence-electron chi connectivity index (χ4n) is 3.78. The number of carbonyl (C=O) groups excluding carboxylic acids is 1. The highest BCUT2D eigenvalue weighted by Gasteiger charge is 2.35. The molecule has 25 heavy (non-hydrogen) atoms. The zero-order valence-electron chi connectivity index (χ0n) is 14.3. The van der Waals surface area contributed by atoms with E-state index in [2.05, 4.69) is 15.4 Å². The normalized spacial score (nSPS) is 16.2. The average molecular weight is 337 g/mol. The molecule has 3 aromatic rings. The van der Waals surface area contributed by atoms with Crippen molar-refractivity contribution in [2.75, 3.05) is 24.3 Å². The summed E-state index contributed by atoms with van der Waals surface area (Å²) in [6, 6.07) is 7.64. The molecule has 0 spiro atoms. The van der Waals surface area contributed by atoms with Crippen LogP contribution >= 0.6 is 0 Å². The van der Waals surface area contributed by atoms with Gasteiger partial charge in [-0.2, -0.15) is 5.10 Å². The van der Waals surface area contributed by atoms with E-state index in [-0.39, 0.29) is 12.5 Å². The molecule has 1 aliphatic rings. The maximum absolute atomic E-state index is 12.6. The van der Waals surface area contributed by atoms with Crippen LogP contribution in [0.3, 0.4) is 0 Å². The number of amides is 1. The predicted octanol–water partition coefficient (Wildman–Crippen LogP) is 1.68. The molecule has 1 aliphatic heterocycles. The molecule has 0 saturated carbocycles. The lowest BCUT2D eigenvalue weighted by Crippen LogP contribution is -2.16. The minimum atomic E-state index is -0.489. The maximum atomic E-state index is 12.6. The third kappa shape index (κ3) is 2.12. The van der Waals surface area contributed by atoms with E-state index < -0.39 is 5.92 Å². The number of hydrogen-bond donors (Lipinski definition) is 2. The first-order valence-electron chi connectivity index (χ1n) is 8.07. The smallest absolute Gasteiger partial charge is 0.238 e. The Kier molecular flexibility index (Phi) is 3.47. The Morgan fingerprint density at radius 2 is 2.08 bits per heavy atom. The van der Waals surface area contributed by atoms with Crippen LogP contribution in [-0.4, -0.2) is 39.7 Å². The third-order valence-electron chi connectivity index (χ3n) is 4.72. The van der Waals surface area contributed by atoms with Crippen LogP contribution in [0, 0.1) is 6.92 Å². The molecule has 0 bridgehead atoms. The van der Waals surface area contributed by atoms with Crippen molar-refractivity contribution in [2.45, 2.75) is 19.4 Å². The number of aromatic nitrogens is 3. The van der Waals surface area contributed by atoms with Crippen LogP contribution in [0.15, 0.2) is 30.6 Å². The van der Waals surface area contributed by atoms with Crippen LogP contribution in [0.2, 0.25) is 0 Å². The molecular formula is C18H19N5O2. The largest absolute Gasteiger partial charge is 0.390 e. The van der Waals surface area contributed by atoms with E-state index in [4.69, 9.17) is 0 Å². The average Bonchev–Trinajstić information content (AvgIpc) is 3.08. The molecule has 1 atom stereocenters. The third-order valence-corrected chi connectivity index (χ3v) is 4.72. The zero-order chi connectivity index (χ0) is 17.7. The summed E-state index contributed by atoms with van der Waals surface area (Å²) >= 11 is 0. The number of aryl methyl sites for hydroxylation is 1. The van der Waals surface area contributed by atoms with Gasteiger partial charge < -0.3 is 15.3 Å². The first-order valence-corrected chi connectivity index (χ1v) is 8.07. The monoisotopic (exact) mass is 337 g/mol. The van der Waals surface area contributed by atoms with E-state index in [0.717, 1.165) is 28.0 Å². The topological polar surface area (TPSA) is 82.8 Å². The molecule has 1 amide bonds. The molecule has 7 heteroatoms. The first kappa shape index (κ1) is 15.6. The Balaban J connectivity index is 2.03. The highest BCUT2D eigenvalue weighted by atomic mass is 16.3. The Morgan fingerprint density at radius 1 is 1.32 bits per heavy atom. The molecule has 4 rings (SSSR count). The van der Waals surface area contributed by atoms with Crippen molar-refractivity contribution in [1.29, 1.82) is 0 Å². The quantitative estimate of drug-likeness (QED) is 0.760. The van der Waals surface area contributed by atoms with Gasteiger partial charge in [-0.05, 0) is 18.6 Å². The van der Waals surface area contributed by atoms with Crippen molar-refractivity contribution in [3.8, 4) is 0 Å². The number of nitrogens with zero attached hydrogens (tertiary/aromatic N) is 4. The molecule has 1 aromatic carbocycles. The van der Waals surface area contributed by atoms with Crippen LogP contribution in [-0.2, 0) is 11.4 Å². The van der Waals surface area contributed by atoms with Crippen LogP contribution in [0.25, 0.3) is 5.52 Å². The van der Waals surface area contributed by atoms with Crippen molar-refractivity contribution < 1.29 is 9.90 Å². The van der Waals surface area contributed by atoms with E-state index >= 15 is 0 Å². The van der Waals surface area contributed by atoms with Gasteiger partial charge in [0.2, 0.25) is 5.91 Å². The molecule has 0 saturated heterocycles. The van der Waals surface area contributed by atoms with E-state index in [1.807, 2.05) is 50.2 Å². The number of anilines is 2. The summed E-state index contributed by atoms with van der Waals surface area (Å²) in [5.74, 6) is -0.587. The van der Waals surface area contributed by atoms with Crippen LogP contribution in [0.5, 0.6) is 0 Å². The van der Waals surface area contributed by atoms with E-state index in [1.54, 1.807) is 4.52 Å². The minimum absolute atomic E-state index is 0.0978. The number of aliphatic hydroxyl groups excluding tert-OH is 1. The van der Waals surface area contributed by atoms with E-state index in [1.165, 1.54) is 6.33 Å². The van der Waals surface area contributed by atoms with Crippen LogP contribution in [0.1, 0.15) is 28.4 Å². The van der Waals surface area contributed by atoms with Crippen molar-refractivity contribution in [2.24, 2.45) is 0 Å². The van der Waals surface area contributed by atoms with Gasteiger partial charge in [-0.15, -0.1) is 0 Å². The van der Waals surface area contributed by atoms with Crippen molar-refractivity contribution in [1.82, 2.24) is 14.6 Å².